The first-order chi connectivity index (χ1) is 9.15. The minimum absolute atomic E-state index is 0.0162. The van der Waals surface area contributed by atoms with Crippen LogP contribution in [0.4, 0.5) is 0 Å². The lowest BCUT2D eigenvalue weighted by molar-refractivity contribution is -0.138. The molecule has 19 heavy (non-hydrogen) atoms. The number of carbonyl (C=O) groups is 1. The largest absolute Gasteiger partial charge is 0.481 e. The number of ether oxygens (including phenoxy) is 1. The predicted molar refractivity (Wildman–Crippen MR) is 66.5 cm³/mol. The molecule has 1 aliphatic heterocycles. The Labute approximate surface area is 111 Å². The Morgan fingerprint density at radius 3 is 3.16 bits per heavy atom. The monoisotopic (exact) mass is 268 g/mol. The SMILES string of the molecule is CC(CC(=O)O)Cn1nnnc1CCC1CCCO1. The van der Waals surface area contributed by atoms with Gasteiger partial charge < -0.3 is 9.84 Å². The molecular weight excluding hydrogens is 248 g/mol. The van der Waals surface area contributed by atoms with Crippen molar-refractivity contribution < 1.29 is 14.6 Å². The third kappa shape index (κ3) is 4.27. The number of aryl methyl sites for hydroxylation is 1. The number of aliphatic carboxylic acids is 1. The van der Waals surface area contributed by atoms with Crippen molar-refractivity contribution in [3.05, 3.63) is 5.82 Å². The van der Waals surface area contributed by atoms with Gasteiger partial charge in [0, 0.05) is 26.0 Å². The summed E-state index contributed by atoms with van der Waals surface area (Å²) in [6.07, 6.45) is 4.39. The van der Waals surface area contributed by atoms with Crippen LogP contribution in [0.25, 0.3) is 0 Å². The highest BCUT2D eigenvalue weighted by molar-refractivity contribution is 5.66. The standard InChI is InChI=1S/C12H20N4O3/c1-9(7-12(17)18)8-16-11(13-14-15-16)5-4-10-3-2-6-19-10/h9-10H,2-8H2,1H3,(H,17,18). The van der Waals surface area contributed by atoms with Crippen LogP contribution >= 0.6 is 0 Å². The molecule has 0 bridgehead atoms. The van der Waals surface area contributed by atoms with E-state index in [9.17, 15) is 4.79 Å². The maximum atomic E-state index is 10.6. The highest BCUT2D eigenvalue weighted by atomic mass is 16.5. The molecule has 1 N–H and O–H groups in total. The molecule has 1 aliphatic rings. The molecule has 1 aromatic heterocycles. The Kier molecular flexibility index (Phi) is 4.84. The number of rotatable bonds is 7. The number of hydrogen-bond donors (Lipinski definition) is 1. The number of tetrazole rings is 1. The Bertz CT molecular complexity index is 415. The first kappa shape index (κ1) is 13.9. The third-order valence-electron chi connectivity index (χ3n) is 3.33. The topological polar surface area (TPSA) is 90.1 Å². The van der Waals surface area contributed by atoms with Gasteiger partial charge in [-0.1, -0.05) is 6.92 Å². The van der Waals surface area contributed by atoms with Crippen molar-refractivity contribution in [3.63, 3.8) is 0 Å². The molecule has 0 spiro atoms. The smallest absolute Gasteiger partial charge is 0.303 e. The van der Waals surface area contributed by atoms with Gasteiger partial charge in [0.25, 0.3) is 0 Å². The van der Waals surface area contributed by atoms with Gasteiger partial charge in [-0.2, -0.15) is 0 Å². The molecule has 2 unspecified atom stereocenters. The van der Waals surface area contributed by atoms with Crippen molar-refractivity contribution in [1.82, 2.24) is 20.2 Å². The molecule has 1 saturated heterocycles. The van der Waals surface area contributed by atoms with E-state index < -0.39 is 5.97 Å². The summed E-state index contributed by atoms with van der Waals surface area (Å²) in [5, 5.41) is 20.4. The molecule has 0 amide bonds. The van der Waals surface area contributed by atoms with Crippen LogP contribution in [0.2, 0.25) is 0 Å². The minimum atomic E-state index is -0.790. The van der Waals surface area contributed by atoms with Gasteiger partial charge in [0.15, 0.2) is 5.82 Å². The average Bonchev–Trinajstić information content (AvgIpc) is 2.96. The predicted octanol–water partition coefficient (Wildman–Crippen LogP) is 0.895. The first-order valence-electron chi connectivity index (χ1n) is 6.73. The summed E-state index contributed by atoms with van der Waals surface area (Å²) in [5.41, 5.74) is 0. The number of carboxylic acids is 1. The van der Waals surface area contributed by atoms with Crippen LogP contribution in [-0.4, -0.2) is 44.0 Å². The van der Waals surface area contributed by atoms with Crippen LogP contribution in [0.5, 0.6) is 0 Å². The number of hydrogen-bond acceptors (Lipinski definition) is 5. The molecule has 0 radical (unpaired) electrons. The van der Waals surface area contributed by atoms with E-state index in [1.165, 1.54) is 0 Å². The molecule has 7 nitrogen and oxygen atoms in total. The molecule has 0 aromatic carbocycles. The van der Waals surface area contributed by atoms with Crippen molar-refractivity contribution >= 4 is 5.97 Å². The summed E-state index contributed by atoms with van der Waals surface area (Å²) in [7, 11) is 0. The van der Waals surface area contributed by atoms with Crippen molar-refractivity contribution in [2.24, 2.45) is 5.92 Å². The van der Waals surface area contributed by atoms with E-state index in [1.807, 2.05) is 6.92 Å². The fourth-order valence-electron chi connectivity index (χ4n) is 2.36. The van der Waals surface area contributed by atoms with Crippen LogP contribution in [0.3, 0.4) is 0 Å². The maximum Gasteiger partial charge on any atom is 0.303 e. The summed E-state index contributed by atoms with van der Waals surface area (Å²) in [4.78, 5) is 10.6. The lowest BCUT2D eigenvalue weighted by Crippen LogP contribution is -2.16. The van der Waals surface area contributed by atoms with E-state index in [1.54, 1.807) is 4.68 Å². The molecule has 1 fully saturated rings. The molecule has 1 aromatic rings. The molecule has 0 saturated carbocycles. The van der Waals surface area contributed by atoms with Crippen LogP contribution in [0.15, 0.2) is 0 Å². The molecule has 2 heterocycles. The Morgan fingerprint density at radius 1 is 1.63 bits per heavy atom. The van der Waals surface area contributed by atoms with Gasteiger partial charge in [-0.3, -0.25) is 4.79 Å². The quantitative estimate of drug-likeness (QED) is 0.790. The zero-order chi connectivity index (χ0) is 13.7. The molecule has 2 rings (SSSR count). The van der Waals surface area contributed by atoms with E-state index in [4.69, 9.17) is 9.84 Å². The number of aromatic nitrogens is 4. The lowest BCUT2D eigenvalue weighted by atomic mass is 10.1. The van der Waals surface area contributed by atoms with Gasteiger partial charge in [-0.05, 0) is 35.6 Å². The van der Waals surface area contributed by atoms with Gasteiger partial charge in [0.05, 0.1) is 6.10 Å². The molecule has 7 heteroatoms. The fraction of sp³-hybridized carbons (Fsp3) is 0.833. The van der Waals surface area contributed by atoms with Crippen molar-refractivity contribution in [2.45, 2.75) is 51.7 Å². The Morgan fingerprint density at radius 2 is 2.47 bits per heavy atom. The number of nitrogens with zero attached hydrogens (tertiary/aromatic N) is 4. The number of carboxylic acid groups (broad SMARTS) is 1. The van der Waals surface area contributed by atoms with Gasteiger partial charge in [0.1, 0.15) is 0 Å². The minimum Gasteiger partial charge on any atom is -0.481 e. The van der Waals surface area contributed by atoms with Gasteiger partial charge in [-0.25, -0.2) is 4.68 Å². The first-order valence-corrected chi connectivity index (χ1v) is 6.73. The zero-order valence-electron chi connectivity index (χ0n) is 11.2. The second-order valence-corrected chi connectivity index (χ2v) is 5.15. The van der Waals surface area contributed by atoms with E-state index in [0.717, 1.165) is 38.1 Å². The highest BCUT2D eigenvalue weighted by Gasteiger charge is 2.18. The van der Waals surface area contributed by atoms with Crippen molar-refractivity contribution in [1.29, 1.82) is 0 Å². The Balaban J connectivity index is 1.84. The van der Waals surface area contributed by atoms with Crippen LogP contribution in [0.1, 0.15) is 38.4 Å². The summed E-state index contributed by atoms with van der Waals surface area (Å²) in [6.45, 7) is 3.28. The Hall–Kier alpha value is -1.50. The van der Waals surface area contributed by atoms with Crippen molar-refractivity contribution in [3.8, 4) is 0 Å². The fourth-order valence-corrected chi connectivity index (χ4v) is 2.36. The van der Waals surface area contributed by atoms with E-state index >= 15 is 0 Å². The second-order valence-electron chi connectivity index (χ2n) is 5.15. The van der Waals surface area contributed by atoms with Crippen LogP contribution in [-0.2, 0) is 22.5 Å². The van der Waals surface area contributed by atoms with Crippen LogP contribution in [0, 0.1) is 5.92 Å². The molecule has 0 aliphatic carbocycles. The van der Waals surface area contributed by atoms with E-state index in [0.29, 0.717) is 12.6 Å². The summed E-state index contributed by atoms with van der Waals surface area (Å²) in [5.74, 6) is 0.0386. The zero-order valence-corrected chi connectivity index (χ0v) is 11.2. The van der Waals surface area contributed by atoms with Gasteiger partial charge in [-0.15, -0.1) is 5.10 Å². The van der Waals surface area contributed by atoms with Gasteiger partial charge >= 0.3 is 5.97 Å². The summed E-state index contributed by atoms with van der Waals surface area (Å²) < 4.78 is 7.28. The lowest BCUT2D eigenvalue weighted by Gasteiger charge is -2.11. The van der Waals surface area contributed by atoms with Gasteiger partial charge in [0.2, 0.25) is 0 Å². The third-order valence-corrected chi connectivity index (χ3v) is 3.33. The normalized spacial score (nSPS) is 20.6. The second kappa shape index (κ2) is 6.60. The molecular formula is C12H20N4O3. The molecule has 2 atom stereocenters. The van der Waals surface area contributed by atoms with E-state index in [2.05, 4.69) is 15.5 Å². The summed E-state index contributed by atoms with van der Waals surface area (Å²) in [6, 6.07) is 0. The van der Waals surface area contributed by atoms with Crippen molar-refractivity contribution in [2.75, 3.05) is 6.61 Å². The average molecular weight is 268 g/mol. The van der Waals surface area contributed by atoms with E-state index in [-0.39, 0.29) is 12.3 Å². The highest BCUT2D eigenvalue weighted by Crippen LogP contribution is 2.17. The van der Waals surface area contributed by atoms with Crippen LogP contribution < -0.4 is 0 Å². The maximum absolute atomic E-state index is 10.6. The summed E-state index contributed by atoms with van der Waals surface area (Å²) >= 11 is 0. The molecule has 106 valence electrons.